The summed E-state index contributed by atoms with van der Waals surface area (Å²) in [7, 11) is 1.65. The number of methoxy groups -OCH3 is 1. The minimum Gasteiger partial charge on any atom is -0.496 e. The Kier molecular flexibility index (Phi) is 6.28. The molecule has 0 radical (unpaired) electrons. The molecule has 0 aromatic heterocycles. The third kappa shape index (κ3) is 4.68. The molecule has 0 N–H and O–H groups in total. The highest BCUT2D eigenvalue weighted by atomic mass is 16.5. The number of ketones is 1. The first kappa shape index (κ1) is 19.4. The summed E-state index contributed by atoms with van der Waals surface area (Å²) >= 11 is 0. The molecule has 3 heteroatoms. The molecule has 0 atom stereocenters. The fourth-order valence-corrected chi connectivity index (χ4v) is 3.06. The van der Waals surface area contributed by atoms with Gasteiger partial charge in [0.15, 0.2) is 5.78 Å². The normalized spacial score (nSPS) is 10.8. The molecule has 0 aliphatic rings. The van der Waals surface area contributed by atoms with E-state index in [0.717, 1.165) is 33.8 Å². The lowest BCUT2D eigenvalue weighted by atomic mass is 10.1. The van der Waals surface area contributed by atoms with E-state index in [4.69, 9.17) is 9.47 Å². The van der Waals surface area contributed by atoms with Crippen molar-refractivity contribution in [1.29, 1.82) is 0 Å². The minimum atomic E-state index is -0.0234. The number of para-hydroxylation sites is 1. The van der Waals surface area contributed by atoms with Crippen molar-refractivity contribution in [2.75, 3.05) is 7.11 Å². The fraction of sp³-hybridized carbons (Fsp3) is 0.160. The topological polar surface area (TPSA) is 35.5 Å². The molecule has 0 aliphatic carbocycles. The molecule has 3 aromatic rings. The zero-order valence-electron chi connectivity index (χ0n) is 16.4. The molecule has 0 saturated carbocycles. The molecule has 0 spiro atoms. The molecule has 142 valence electrons. The van der Waals surface area contributed by atoms with E-state index in [0.29, 0.717) is 12.2 Å². The van der Waals surface area contributed by atoms with Crippen LogP contribution in [0.1, 0.15) is 32.6 Å². The molecule has 3 rings (SSSR count). The summed E-state index contributed by atoms with van der Waals surface area (Å²) in [5, 5.41) is 0. The van der Waals surface area contributed by atoms with E-state index in [9.17, 15) is 4.79 Å². The smallest absolute Gasteiger partial charge is 0.185 e. The average molecular weight is 372 g/mol. The maximum Gasteiger partial charge on any atom is 0.185 e. The zero-order chi connectivity index (χ0) is 19.9. The number of rotatable bonds is 7. The van der Waals surface area contributed by atoms with Gasteiger partial charge in [0.2, 0.25) is 0 Å². The highest BCUT2D eigenvalue weighted by molar-refractivity contribution is 6.06. The van der Waals surface area contributed by atoms with Crippen molar-refractivity contribution in [3.8, 4) is 11.5 Å². The second-order valence-corrected chi connectivity index (χ2v) is 6.64. The predicted octanol–water partition coefficient (Wildman–Crippen LogP) is 5.79. The largest absolute Gasteiger partial charge is 0.496 e. The number of aryl methyl sites for hydroxylation is 2. The Morgan fingerprint density at radius 1 is 0.929 bits per heavy atom. The van der Waals surface area contributed by atoms with Gasteiger partial charge >= 0.3 is 0 Å². The first-order valence-corrected chi connectivity index (χ1v) is 9.22. The van der Waals surface area contributed by atoms with Crippen molar-refractivity contribution in [3.05, 3.63) is 101 Å². The highest BCUT2D eigenvalue weighted by Crippen LogP contribution is 2.26. The van der Waals surface area contributed by atoms with Crippen molar-refractivity contribution in [2.45, 2.75) is 20.5 Å². The maximum atomic E-state index is 12.3. The van der Waals surface area contributed by atoms with Gasteiger partial charge in [0, 0.05) is 11.1 Å². The van der Waals surface area contributed by atoms with Crippen LogP contribution in [-0.4, -0.2) is 12.9 Å². The van der Waals surface area contributed by atoms with E-state index < -0.39 is 0 Å². The van der Waals surface area contributed by atoms with Crippen molar-refractivity contribution >= 4 is 11.9 Å². The van der Waals surface area contributed by atoms with Crippen LogP contribution in [-0.2, 0) is 6.61 Å². The lowest BCUT2D eigenvalue weighted by Gasteiger charge is -2.14. The third-order valence-corrected chi connectivity index (χ3v) is 4.57. The van der Waals surface area contributed by atoms with Gasteiger partial charge in [0.05, 0.1) is 7.11 Å². The van der Waals surface area contributed by atoms with E-state index in [1.165, 1.54) is 0 Å². The van der Waals surface area contributed by atoms with E-state index in [-0.39, 0.29) is 5.78 Å². The molecular formula is C25H24O3. The molecule has 28 heavy (non-hydrogen) atoms. The van der Waals surface area contributed by atoms with Crippen molar-refractivity contribution in [1.82, 2.24) is 0 Å². The molecule has 3 nitrogen and oxygen atoms in total. The van der Waals surface area contributed by atoms with Crippen LogP contribution in [0.25, 0.3) is 6.08 Å². The monoisotopic (exact) mass is 372 g/mol. The standard InChI is InChI=1S/C25H24O3/c1-18-8-7-9-19(2)25(18)28-17-22-16-20(13-15-24(22)27-3)12-14-23(26)21-10-5-4-6-11-21/h4-16H,17H2,1-3H3. The molecule has 3 aromatic carbocycles. The molecule has 0 fully saturated rings. The van der Waals surface area contributed by atoms with Crippen LogP contribution in [0, 0.1) is 13.8 Å². The van der Waals surface area contributed by atoms with Crippen LogP contribution in [0.5, 0.6) is 11.5 Å². The Morgan fingerprint density at radius 3 is 2.32 bits per heavy atom. The Morgan fingerprint density at radius 2 is 1.64 bits per heavy atom. The van der Waals surface area contributed by atoms with E-state index >= 15 is 0 Å². The Hall–Kier alpha value is -3.33. The third-order valence-electron chi connectivity index (χ3n) is 4.57. The Bertz CT molecular complexity index is 968. The summed E-state index contributed by atoms with van der Waals surface area (Å²) in [5.74, 6) is 1.63. The van der Waals surface area contributed by atoms with Crippen molar-refractivity contribution in [2.24, 2.45) is 0 Å². The van der Waals surface area contributed by atoms with Gasteiger partial charge in [-0.3, -0.25) is 4.79 Å². The number of ether oxygens (including phenoxy) is 2. The molecule has 0 unspecified atom stereocenters. The van der Waals surface area contributed by atoms with E-state index in [1.54, 1.807) is 13.2 Å². The number of hydrogen-bond acceptors (Lipinski definition) is 3. The number of benzene rings is 3. The van der Waals surface area contributed by atoms with Gasteiger partial charge < -0.3 is 9.47 Å². The summed E-state index contributed by atoms with van der Waals surface area (Å²) in [4.78, 5) is 12.3. The Labute approximate surface area is 166 Å². The lowest BCUT2D eigenvalue weighted by Crippen LogP contribution is -2.01. The summed E-state index contributed by atoms with van der Waals surface area (Å²) in [6.45, 7) is 4.46. The van der Waals surface area contributed by atoms with Crippen LogP contribution >= 0.6 is 0 Å². The maximum absolute atomic E-state index is 12.3. The second-order valence-electron chi connectivity index (χ2n) is 6.64. The summed E-state index contributed by atoms with van der Waals surface area (Å²) in [6, 6.07) is 21.1. The van der Waals surface area contributed by atoms with Gasteiger partial charge in [-0.2, -0.15) is 0 Å². The van der Waals surface area contributed by atoms with Gasteiger partial charge in [-0.15, -0.1) is 0 Å². The van der Waals surface area contributed by atoms with Gasteiger partial charge in [-0.05, 0) is 48.7 Å². The van der Waals surface area contributed by atoms with Crippen LogP contribution < -0.4 is 9.47 Å². The summed E-state index contributed by atoms with van der Waals surface area (Å²) < 4.78 is 11.5. The SMILES string of the molecule is COc1ccc(C=CC(=O)c2ccccc2)cc1COc1c(C)cccc1C. The molecule has 0 amide bonds. The van der Waals surface area contributed by atoms with Crippen LogP contribution in [0.3, 0.4) is 0 Å². The zero-order valence-corrected chi connectivity index (χ0v) is 16.4. The van der Waals surface area contributed by atoms with Crippen LogP contribution in [0.2, 0.25) is 0 Å². The lowest BCUT2D eigenvalue weighted by molar-refractivity contribution is 0.104. The van der Waals surface area contributed by atoms with Gasteiger partial charge in [0.25, 0.3) is 0 Å². The van der Waals surface area contributed by atoms with E-state index in [2.05, 4.69) is 0 Å². The Balaban J connectivity index is 1.78. The number of hydrogen-bond donors (Lipinski definition) is 0. The fourth-order valence-electron chi connectivity index (χ4n) is 3.06. The van der Waals surface area contributed by atoms with E-state index in [1.807, 2.05) is 86.7 Å². The van der Waals surface area contributed by atoms with Crippen molar-refractivity contribution < 1.29 is 14.3 Å². The number of carbonyl (C=O) groups is 1. The van der Waals surface area contributed by atoms with Crippen LogP contribution in [0.4, 0.5) is 0 Å². The van der Waals surface area contributed by atoms with Gasteiger partial charge in [-0.1, -0.05) is 60.7 Å². The summed E-state index contributed by atoms with van der Waals surface area (Å²) in [6.07, 6.45) is 3.41. The summed E-state index contributed by atoms with van der Waals surface area (Å²) in [5.41, 5.74) is 4.72. The van der Waals surface area contributed by atoms with Gasteiger partial charge in [0.1, 0.15) is 18.1 Å². The first-order valence-electron chi connectivity index (χ1n) is 9.22. The molecular weight excluding hydrogens is 348 g/mol. The quantitative estimate of drug-likeness (QED) is 0.389. The number of carbonyl (C=O) groups excluding carboxylic acids is 1. The molecule has 0 aliphatic heterocycles. The predicted molar refractivity (Wildman–Crippen MR) is 113 cm³/mol. The highest BCUT2D eigenvalue weighted by Gasteiger charge is 2.08. The molecule has 0 heterocycles. The van der Waals surface area contributed by atoms with Crippen LogP contribution in [0.15, 0.2) is 72.8 Å². The van der Waals surface area contributed by atoms with Crippen molar-refractivity contribution in [3.63, 3.8) is 0 Å². The number of allylic oxidation sites excluding steroid dienone is 1. The van der Waals surface area contributed by atoms with Gasteiger partial charge in [-0.25, -0.2) is 0 Å². The first-order chi connectivity index (χ1) is 13.6. The molecule has 0 bridgehead atoms. The second kappa shape index (κ2) is 9.05. The molecule has 0 saturated heterocycles. The average Bonchev–Trinajstić information content (AvgIpc) is 2.72. The minimum absolute atomic E-state index is 0.0234.